The number of anilines is 1. The molecule has 2 amide bonds. The highest BCUT2D eigenvalue weighted by Gasteiger charge is 2.36. The second kappa shape index (κ2) is 8.06. The van der Waals surface area contributed by atoms with Gasteiger partial charge in [-0.3, -0.25) is 19.5 Å². The Morgan fingerprint density at radius 1 is 1.32 bits per heavy atom. The topological polar surface area (TPSA) is 75.2 Å². The molecule has 1 aromatic carbocycles. The largest absolute Gasteiger partial charge is 0.356 e. The van der Waals surface area contributed by atoms with Crippen LogP contribution in [-0.4, -0.2) is 34.9 Å². The van der Waals surface area contributed by atoms with E-state index in [1.807, 2.05) is 37.3 Å². The predicted molar refractivity (Wildman–Crippen MR) is 110 cm³/mol. The summed E-state index contributed by atoms with van der Waals surface area (Å²) in [4.78, 5) is 35.4. The zero-order valence-electron chi connectivity index (χ0n) is 15.7. The van der Waals surface area contributed by atoms with Crippen molar-refractivity contribution in [3.05, 3.63) is 53.9 Å². The molecule has 1 atom stereocenters. The molecule has 1 aliphatic heterocycles. The molecule has 3 aromatic rings. The van der Waals surface area contributed by atoms with Crippen molar-refractivity contribution in [3.8, 4) is 0 Å². The molecule has 0 spiro atoms. The monoisotopic (exact) mass is 394 g/mol. The molecular weight excluding hydrogens is 372 g/mol. The minimum absolute atomic E-state index is 0.0376. The maximum Gasteiger partial charge on any atom is 0.229 e. The van der Waals surface area contributed by atoms with E-state index in [9.17, 15) is 9.59 Å². The summed E-state index contributed by atoms with van der Waals surface area (Å²) in [6.07, 6.45) is 3.66. The SMILES string of the molecule is Cc1ccc2nc(N3CC(C(=O)NCCCc4ccccn4)CC3=O)sc2c1. The summed E-state index contributed by atoms with van der Waals surface area (Å²) in [6.45, 7) is 3.01. The summed E-state index contributed by atoms with van der Waals surface area (Å²) in [5.41, 5.74) is 3.07. The summed E-state index contributed by atoms with van der Waals surface area (Å²) in [6, 6.07) is 11.9. The molecule has 0 bridgehead atoms. The molecular formula is C21H22N4O2S. The van der Waals surface area contributed by atoms with Crippen molar-refractivity contribution in [1.29, 1.82) is 0 Å². The second-order valence-electron chi connectivity index (χ2n) is 7.09. The lowest BCUT2D eigenvalue weighted by Crippen LogP contribution is -2.33. The van der Waals surface area contributed by atoms with E-state index in [-0.39, 0.29) is 24.2 Å². The Bertz CT molecular complexity index is 1000. The van der Waals surface area contributed by atoms with Crippen LogP contribution in [-0.2, 0) is 16.0 Å². The van der Waals surface area contributed by atoms with Crippen molar-refractivity contribution >= 4 is 38.5 Å². The average Bonchev–Trinajstić information content (AvgIpc) is 3.28. The highest BCUT2D eigenvalue weighted by Crippen LogP contribution is 2.33. The van der Waals surface area contributed by atoms with E-state index in [0.717, 1.165) is 28.8 Å². The first kappa shape index (κ1) is 18.6. The van der Waals surface area contributed by atoms with Gasteiger partial charge in [-0.15, -0.1) is 0 Å². The number of aromatic nitrogens is 2. The predicted octanol–water partition coefficient (Wildman–Crippen LogP) is 3.10. The van der Waals surface area contributed by atoms with Crippen LogP contribution >= 0.6 is 11.3 Å². The van der Waals surface area contributed by atoms with Gasteiger partial charge in [0.25, 0.3) is 0 Å². The zero-order valence-corrected chi connectivity index (χ0v) is 16.5. The Labute approximate surface area is 167 Å². The lowest BCUT2D eigenvalue weighted by atomic mass is 10.1. The van der Waals surface area contributed by atoms with Crippen LogP contribution in [0.3, 0.4) is 0 Å². The fraction of sp³-hybridized carbons (Fsp3) is 0.333. The number of thiazole rings is 1. The molecule has 1 fully saturated rings. The van der Waals surface area contributed by atoms with Gasteiger partial charge >= 0.3 is 0 Å². The van der Waals surface area contributed by atoms with Crippen LogP contribution in [0.1, 0.15) is 24.1 Å². The van der Waals surface area contributed by atoms with Crippen molar-refractivity contribution < 1.29 is 9.59 Å². The molecule has 0 saturated carbocycles. The third-order valence-electron chi connectivity index (χ3n) is 4.89. The van der Waals surface area contributed by atoms with E-state index in [4.69, 9.17) is 0 Å². The van der Waals surface area contributed by atoms with Crippen LogP contribution in [0.2, 0.25) is 0 Å². The van der Waals surface area contributed by atoms with Crippen molar-refractivity contribution in [2.75, 3.05) is 18.0 Å². The molecule has 3 heterocycles. The number of nitrogens with one attached hydrogen (secondary N) is 1. The molecule has 6 nitrogen and oxygen atoms in total. The van der Waals surface area contributed by atoms with Crippen LogP contribution in [0.4, 0.5) is 5.13 Å². The van der Waals surface area contributed by atoms with Gasteiger partial charge in [-0.1, -0.05) is 23.5 Å². The third-order valence-corrected chi connectivity index (χ3v) is 5.94. The van der Waals surface area contributed by atoms with Gasteiger partial charge < -0.3 is 5.32 Å². The summed E-state index contributed by atoms with van der Waals surface area (Å²) < 4.78 is 1.06. The highest BCUT2D eigenvalue weighted by molar-refractivity contribution is 7.22. The minimum Gasteiger partial charge on any atom is -0.356 e. The molecule has 1 aliphatic rings. The normalized spacial score (nSPS) is 16.7. The number of pyridine rings is 1. The molecule has 4 rings (SSSR count). The Morgan fingerprint density at radius 3 is 3.04 bits per heavy atom. The lowest BCUT2D eigenvalue weighted by molar-refractivity contribution is -0.126. The van der Waals surface area contributed by atoms with Gasteiger partial charge in [-0.2, -0.15) is 0 Å². The minimum atomic E-state index is -0.323. The fourth-order valence-corrected chi connectivity index (χ4v) is 4.46. The number of carbonyl (C=O) groups excluding carboxylic acids is 2. The molecule has 0 radical (unpaired) electrons. The lowest BCUT2D eigenvalue weighted by Gasteiger charge is -2.13. The number of benzene rings is 1. The number of hydrogen-bond acceptors (Lipinski definition) is 5. The number of fused-ring (bicyclic) bond motifs is 1. The number of aryl methyl sites for hydroxylation is 2. The molecule has 1 saturated heterocycles. The Kier molecular flexibility index (Phi) is 5.34. The van der Waals surface area contributed by atoms with Crippen LogP contribution in [0, 0.1) is 12.8 Å². The van der Waals surface area contributed by atoms with Gasteiger partial charge in [0.1, 0.15) is 0 Å². The number of rotatable bonds is 6. The summed E-state index contributed by atoms with van der Waals surface area (Å²) in [5.74, 6) is -0.422. The zero-order chi connectivity index (χ0) is 19.5. The van der Waals surface area contributed by atoms with E-state index in [1.165, 1.54) is 16.9 Å². The van der Waals surface area contributed by atoms with Crippen molar-refractivity contribution in [2.24, 2.45) is 5.92 Å². The van der Waals surface area contributed by atoms with Gasteiger partial charge in [0.15, 0.2) is 5.13 Å². The van der Waals surface area contributed by atoms with Crippen molar-refractivity contribution in [1.82, 2.24) is 15.3 Å². The number of carbonyl (C=O) groups is 2. The molecule has 1 N–H and O–H groups in total. The first-order valence-corrected chi connectivity index (χ1v) is 10.3. The number of nitrogens with zero attached hydrogens (tertiary/aromatic N) is 3. The van der Waals surface area contributed by atoms with Gasteiger partial charge in [-0.05, 0) is 49.6 Å². The van der Waals surface area contributed by atoms with Crippen LogP contribution in [0.15, 0.2) is 42.6 Å². The average molecular weight is 395 g/mol. The van der Waals surface area contributed by atoms with Crippen molar-refractivity contribution in [2.45, 2.75) is 26.2 Å². The molecule has 7 heteroatoms. The maximum atomic E-state index is 12.5. The number of hydrogen-bond donors (Lipinski definition) is 1. The van der Waals surface area contributed by atoms with Gasteiger partial charge in [-0.25, -0.2) is 4.98 Å². The van der Waals surface area contributed by atoms with E-state index >= 15 is 0 Å². The number of amides is 2. The van der Waals surface area contributed by atoms with Gasteiger partial charge in [0, 0.05) is 31.4 Å². The van der Waals surface area contributed by atoms with Crippen LogP contribution in [0.25, 0.3) is 10.2 Å². The highest BCUT2D eigenvalue weighted by atomic mass is 32.1. The Balaban J connectivity index is 1.32. The fourth-order valence-electron chi connectivity index (χ4n) is 3.37. The van der Waals surface area contributed by atoms with Crippen molar-refractivity contribution in [3.63, 3.8) is 0 Å². The smallest absolute Gasteiger partial charge is 0.229 e. The van der Waals surface area contributed by atoms with Gasteiger partial charge in [0.2, 0.25) is 11.8 Å². The van der Waals surface area contributed by atoms with Gasteiger partial charge in [0.05, 0.1) is 16.1 Å². The molecule has 2 aromatic heterocycles. The van der Waals surface area contributed by atoms with Crippen LogP contribution < -0.4 is 10.2 Å². The van der Waals surface area contributed by atoms with E-state index in [0.29, 0.717) is 18.2 Å². The molecule has 1 unspecified atom stereocenters. The second-order valence-corrected chi connectivity index (χ2v) is 8.10. The summed E-state index contributed by atoms with van der Waals surface area (Å²) in [7, 11) is 0. The third kappa shape index (κ3) is 4.04. The van der Waals surface area contributed by atoms with E-state index in [1.54, 1.807) is 11.1 Å². The Hall–Kier alpha value is -2.80. The first-order valence-electron chi connectivity index (χ1n) is 9.45. The van der Waals surface area contributed by atoms with E-state index in [2.05, 4.69) is 21.4 Å². The quantitative estimate of drug-likeness (QED) is 0.652. The Morgan fingerprint density at radius 2 is 2.21 bits per heavy atom. The summed E-state index contributed by atoms with van der Waals surface area (Å²) >= 11 is 1.50. The van der Waals surface area contributed by atoms with E-state index < -0.39 is 0 Å². The molecule has 28 heavy (non-hydrogen) atoms. The first-order chi connectivity index (χ1) is 13.6. The molecule has 0 aliphatic carbocycles. The summed E-state index contributed by atoms with van der Waals surface area (Å²) in [5, 5.41) is 3.64. The molecule has 144 valence electrons. The maximum absolute atomic E-state index is 12.5. The standard InChI is InChI=1S/C21H22N4O2S/c1-14-7-8-17-18(11-14)28-21(24-17)25-13-15(12-19(25)26)20(27)23-10-4-6-16-5-2-3-9-22-16/h2-3,5,7-9,11,15H,4,6,10,12-13H2,1H3,(H,23,27). The van der Waals surface area contributed by atoms with Crippen LogP contribution in [0.5, 0.6) is 0 Å².